The lowest BCUT2D eigenvalue weighted by Gasteiger charge is -2.09. The molecule has 0 saturated carbocycles. The maximum atomic E-state index is 11.4. The Bertz CT molecular complexity index is 609. The molecule has 1 aromatic heterocycles. The molecule has 0 spiro atoms. The summed E-state index contributed by atoms with van der Waals surface area (Å²) >= 11 is 7.33. The summed E-state index contributed by atoms with van der Waals surface area (Å²) in [7, 11) is 0. The number of thioether (sulfide) groups is 1. The van der Waals surface area contributed by atoms with Gasteiger partial charge in [-0.1, -0.05) is 23.4 Å². The summed E-state index contributed by atoms with van der Waals surface area (Å²) in [6.45, 7) is 6.25. The molecule has 1 aromatic carbocycles. The van der Waals surface area contributed by atoms with Crippen molar-refractivity contribution in [3.05, 3.63) is 29.3 Å². The fourth-order valence-corrected chi connectivity index (χ4v) is 2.75. The monoisotopic (exact) mass is 309 g/mol. The molecule has 6 heteroatoms. The number of rotatable bonds is 5. The third-order valence-electron chi connectivity index (χ3n) is 2.99. The van der Waals surface area contributed by atoms with E-state index in [-0.39, 0.29) is 11.0 Å². The first-order valence-electron chi connectivity index (χ1n) is 6.39. The van der Waals surface area contributed by atoms with Crippen molar-refractivity contribution in [3.8, 4) is 11.4 Å². The molecule has 0 amide bonds. The second-order valence-corrected chi connectivity index (χ2v) is 6.17. The zero-order valence-electron chi connectivity index (χ0n) is 11.6. The van der Waals surface area contributed by atoms with Gasteiger partial charge in [-0.3, -0.25) is 4.79 Å². The van der Waals surface area contributed by atoms with E-state index >= 15 is 0 Å². The Hall–Kier alpha value is -1.33. The summed E-state index contributed by atoms with van der Waals surface area (Å²) < 4.78 is 2.01. The highest BCUT2D eigenvalue weighted by Crippen LogP contribution is 2.27. The quantitative estimate of drug-likeness (QED) is 0.790. The molecule has 106 valence electrons. The van der Waals surface area contributed by atoms with Gasteiger partial charge in [0.25, 0.3) is 0 Å². The Morgan fingerprint density at radius 1 is 1.35 bits per heavy atom. The predicted octanol–water partition coefficient (Wildman–Crippen LogP) is 3.69. The molecule has 0 saturated heterocycles. The lowest BCUT2D eigenvalue weighted by Crippen LogP contribution is -2.10. The molecule has 4 nitrogen and oxygen atoms in total. The van der Waals surface area contributed by atoms with Crippen LogP contribution >= 0.6 is 23.4 Å². The van der Waals surface area contributed by atoms with Gasteiger partial charge < -0.3 is 4.57 Å². The Labute approximate surface area is 127 Å². The molecular weight excluding hydrogens is 294 g/mol. The van der Waals surface area contributed by atoms with Gasteiger partial charge in [-0.25, -0.2) is 0 Å². The van der Waals surface area contributed by atoms with Crippen LogP contribution in [0.1, 0.15) is 20.8 Å². The summed E-state index contributed by atoms with van der Waals surface area (Å²) in [5, 5.41) is 9.77. The van der Waals surface area contributed by atoms with Gasteiger partial charge in [0.15, 0.2) is 11.0 Å². The van der Waals surface area contributed by atoms with Crippen LogP contribution < -0.4 is 0 Å². The van der Waals surface area contributed by atoms with Gasteiger partial charge in [0.2, 0.25) is 0 Å². The van der Waals surface area contributed by atoms with Crippen LogP contribution in [0.2, 0.25) is 5.02 Å². The van der Waals surface area contributed by atoms with Crippen molar-refractivity contribution in [3.63, 3.8) is 0 Å². The minimum Gasteiger partial charge on any atom is -0.302 e. The summed E-state index contributed by atoms with van der Waals surface area (Å²) in [6, 6.07) is 7.50. The second-order valence-electron chi connectivity index (χ2n) is 4.43. The van der Waals surface area contributed by atoms with E-state index in [1.165, 1.54) is 11.8 Å². The van der Waals surface area contributed by atoms with Gasteiger partial charge in [-0.15, -0.1) is 10.2 Å². The van der Waals surface area contributed by atoms with Crippen molar-refractivity contribution in [1.82, 2.24) is 14.8 Å². The molecule has 1 atom stereocenters. The van der Waals surface area contributed by atoms with Crippen molar-refractivity contribution in [1.29, 1.82) is 0 Å². The average Bonchev–Trinajstić information content (AvgIpc) is 2.82. The van der Waals surface area contributed by atoms with E-state index in [1.54, 1.807) is 6.92 Å². The molecule has 0 bridgehead atoms. The first-order chi connectivity index (χ1) is 9.52. The molecule has 0 radical (unpaired) electrons. The molecule has 2 rings (SSSR count). The zero-order chi connectivity index (χ0) is 14.7. The van der Waals surface area contributed by atoms with E-state index in [9.17, 15) is 4.79 Å². The van der Waals surface area contributed by atoms with E-state index in [1.807, 2.05) is 42.7 Å². The maximum Gasteiger partial charge on any atom is 0.192 e. The Balaban J connectivity index is 2.34. The van der Waals surface area contributed by atoms with Crippen LogP contribution in [0.4, 0.5) is 0 Å². The molecule has 1 heterocycles. The van der Waals surface area contributed by atoms with Crippen molar-refractivity contribution < 1.29 is 4.79 Å². The summed E-state index contributed by atoms with van der Waals surface area (Å²) in [5.74, 6) is 0.927. The van der Waals surface area contributed by atoms with Crippen molar-refractivity contribution >= 4 is 29.1 Å². The van der Waals surface area contributed by atoms with E-state index < -0.39 is 0 Å². The number of Topliss-reactive ketones (excluding diaryl/α,β-unsaturated/α-hetero) is 1. The van der Waals surface area contributed by atoms with Gasteiger partial charge in [0.1, 0.15) is 5.78 Å². The lowest BCUT2D eigenvalue weighted by molar-refractivity contribution is -0.116. The third-order valence-corrected chi connectivity index (χ3v) is 4.44. The van der Waals surface area contributed by atoms with Crippen molar-refractivity contribution in [2.45, 2.75) is 37.7 Å². The topological polar surface area (TPSA) is 47.8 Å². The van der Waals surface area contributed by atoms with Crippen LogP contribution in [0.15, 0.2) is 29.4 Å². The average molecular weight is 310 g/mol. The van der Waals surface area contributed by atoms with Gasteiger partial charge in [-0.2, -0.15) is 0 Å². The Kier molecular flexibility index (Phi) is 4.83. The second kappa shape index (κ2) is 6.41. The van der Waals surface area contributed by atoms with Gasteiger partial charge in [0.05, 0.1) is 5.25 Å². The highest BCUT2D eigenvalue weighted by Gasteiger charge is 2.17. The molecule has 0 aliphatic heterocycles. The minimum absolute atomic E-state index is 0.123. The van der Waals surface area contributed by atoms with Crippen LogP contribution in [0, 0.1) is 0 Å². The highest BCUT2D eigenvalue weighted by atomic mass is 35.5. The molecule has 1 unspecified atom stereocenters. The first kappa shape index (κ1) is 15.1. The van der Waals surface area contributed by atoms with E-state index in [0.29, 0.717) is 5.02 Å². The van der Waals surface area contributed by atoms with Crippen molar-refractivity contribution in [2.75, 3.05) is 0 Å². The van der Waals surface area contributed by atoms with E-state index in [0.717, 1.165) is 23.1 Å². The molecule has 0 fully saturated rings. The molecular formula is C14H16ClN3OS. The summed E-state index contributed by atoms with van der Waals surface area (Å²) in [6.07, 6.45) is 0. The molecule has 0 N–H and O–H groups in total. The van der Waals surface area contributed by atoms with Crippen LogP contribution in [-0.4, -0.2) is 25.8 Å². The maximum absolute atomic E-state index is 11.4. The predicted molar refractivity (Wildman–Crippen MR) is 82.1 cm³/mol. The zero-order valence-corrected chi connectivity index (χ0v) is 13.2. The number of carbonyl (C=O) groups is 1. The van der Waals surface area contributed by atoms with E-state index in [4.69, 9.17) is 11.6 Å². The number of ketones is 1. The van der Waals surface area contributed by atoms with Crippen LogP contribution in [0.3, 0.4) is 0 Å². The fourth-order valence-electron chi connectivity index (χ4n) is 1.71. The standard InChI is InChI=1S/C14H16ClN3OS/c1-4-18-13(11-5-7-12(15)8-6-11)16-17-14(18)20-10(3)9(2)19/h5-8,10H,4H2,1-3H3. The molecule has 0 aliphatic carbocycles. The smallest absolute Gasteiger partial charge is 0.192 e. The fraction of sp³-hybridized carbons (Fsp3) is 0.357. The van der Waals surface area contributed by atoms with Gasteiger partial charge >= 0.3 is 0 Å². The first-order valence-corrected chi connectivity index (χ1v) is 7.65. The third kappa shape index (κ3) is 3.22. The van der Waals surface area contributed by atoms with Crippen LogP contribution in [0.5, 0.6) is 0 Å². The SMILES string of the molecule is CCn1c(SC(C)C(C)=O)nnc1-c1ccc(Cl)cc1. The van der Waals surface area contributed by atoms with Crippen molar-refractivity contribution in [2.24, 2.45) is 0 Å². The summed E-state index contributed by atoms with van der Waals surface area (Å²) in [5.41, 5.74) is 0.964. The number of nitrogens with zero attached hydrogens (tertiary/aromatic N) is 3. The molecule has 20 heavy (non-hydrogen) atoms. The van der Waals surface area contributed by atoms with Gasteiger partial charge in [-0.05, 0) is 45.0 Å². The number of benzene rings is 1. The molecule has 0 aliphatic rings. The van der Waals surface area contributed by atoms with E-state index in [2.05, 4.69) is 10.2 Å². The minimum atomic E-state index is -0.123. The van der Waals surface area contributed by atoms with Gasteiger partial charge in [0, 0.05) is 17.1 Å². The van der Waals surface area contributed by atoms with Crippen LogP contribution in [0.25, 0.3) is 11.4 Å². The number of hydrogen-bond donors (Lipinski definition) is 0. The normalized spacial score (nSPS) is 12.4. The number of hydrogen-bond acceptors (Lipinski definition) is 4. The summed E-state index contributed by atoms with van der Waals surface area (Å²) in [4.78, 5) is 11.4. The number of aromatic nitrogens is 3. The Morgan fingerprint density at radius 2 is 2.00 bits per heavy atom. The lowest BCUT2D eigenvalue weighted by atomic mass is 10.2. The molecule has 2 aromatic rings. The number of carbonyl (C=O) groups excluding carboxylic acids is 1. The highest BCUT2D eigenvalue weighted by molar-refractivity contribution is 8.00. The van der Waals surface area contributed by atoms with Crippen LogP contribution in [-0.2, 0) is 11.3 Å². The largest absolute Gasteiger partial charge is 0.302 e. The Morgan fingerprint density at radius 3 is 2.55 bits per heavy atom. The number of halogens is 1.